The minimum absolute atomic E-state index is 0.113. The first-order chi connectivity index (χ1) is 9.28. The minimum Gasteiger partial charge on any atom is -0.489 e. The molecule has 1 saturated carbocycles. The molecule has 0 aliphatic heterocycles. The molecule has 0 atom stereocenters. The van der Waals surface area contributed by atoms with Gasteiger partial charge in [-0.2, -0.15) is 0 Å². The van der Waals surface area contributed by atoms with Gasteiger partial charge in [0.15, 0.2) is 0 Å². The average molecular weight is 277 g/mol. The van der Waals surface area contributed by atoms with E-state index in [2.05, 4.69) is 18.8 Å². The lowest BCUT2D eigenvalue weighted by Crippen LogP contribution is -2.29. The van der Waals surface area contributed by atoms with Crippen LogP contribution in [0.1, 0.15) is 61.3 Å². The summed E-state index contributed by atoms with van der Waals surface area (Å²) in [7, 11) is 0. The number of carboxylic acid groups (broad SMARTS) is 1. The van der Waals surface area contributed by atoms with Crippen LogP contribution in [0.5, 0.6) is 5.75 Å². The third-order valence-electron chi connectivity index (χ3n) is 4.09. The van der Waals surface area contributed by atoms with E-state index in [1.165, 1.54) is 0 Å². The molecular formula is C16H23NO3. The maximum Gasteiger partial charge on any atom is 0.341 e. The molecule has 1 aromatic heterocycles. The van der Waals surface area contributed by atoms with Crippen molar-refractivity contribution >= 4 is 5.97 Å². The first-order valence-electron chi connectivity index (χ1n) is 7.17. The quantitative estimate of drug-likeness (QED) is 0.914. The lowest BCUT2D eigenvalue weighted by atomic mass is 9.76. The number of ether oxygens (including phenoxy) is 1. The van der Waals surface area contributed by atoms with Crippen LogP contribution in [0, 0.1) is 19.3 Å². The van der Waals surface area contributed by atoms with Crippen LogP contribution < -0.4 is 4.74 Å². The summed E-state index contributed by atoms with van der Waals surface area (Å²) < 4.78 is 5.98. The number of rotatable bonds is 3. The van der Waals surface area contributed by atoms with E-state index in [1.54, 1.807) is 13.0 Å². The summed E-state index contributed by atoms with van der Waals surface area (Å²) in [5.74, 6) is -0.506. The first kappa shape index (κ1) is 14.8. The summed E-state index contributed by atoms with van der Waals surface area (Å²) >= 11 is 0. The first-order valence-corrected chi connectivity index (χ1v) is 7.17. The van der Waals surface area contributed by atoms with E-state index in [1.807, 2.05) is 6.92 Å². The van der Waals surface area contributed by atoms with Gasteiger partial charge in [-0.1, -0.05) is 13.8 Å². The molecular weight excluding hydrogens is 254 g/mol. The summed E-state index contributed by atoms with van der Waals surface area (Å²) in [4.78, 5) is 15.6. The fraction of sp³-hybridized carbons (Fsp3) is 0.625. The highest BCUT2D eigenvalue weighted by Crippen LogP contribution is 2.37. The Labute approximate surface area is 120 Å². The molecule has 0 radical (unpaired) electrons. The van der Waals surface area contributed by atoms with Crippen molar-refractivity contribution in [2.45, 2.75) is 59.5 Å². The molecule has 4 heteroatoms. The van der Waals surface area contributed by atoms with Crippen LogP contribution >= 0.6 is 0 Å². The van der Waals surface area contributed by atoms with Gasteiger partial charge in [0.25, 0.3) is 0 Å². The van der Waals surface area contributed by atoms with Crippen molar-refractivity contribution in [2.75, 3.05) is 0 Å². The highest BCUT2D eigenvalue weighted by Gasteiger charge is 2.29. The fourth-order valence-electron chi connectivity index (χ4n) is 2.82. The van der Waals surface area contributed by atoms with Gasteiger partial charge in [0.2, 0.25) is 0 Å². The molecule has 0 bridgehead atoms. The van der Waals surface area contributed by atoms with Crippen LogP contribution in [-0.2, 0) is 0 Å². The van der Waals surface area contributed by atoms with Gasteiger partial charge in [-0.15, -0.1) is 0 Å². The van der Waals surface area contributed by atoms with Crippen molar-refractivity contribution in [1.82, 2.24) is 4.98 Å². The number of hydrogen-bond donors (Lipinski definition) is 1. The Morgan fingerprint density at radius 2 is 1.95 bits per heavy atom. The Kier molecular flexibility index (Phi) is 4.02. The summed E-state index contributed by atoms with van der Waals surface area (Å²) in [6.07, 6.45) is 4.30. The van der Waals surface area contributed by atoms with Crippen molar-refractivity contribution in [2.24, 2.45) is 5.41 Å². The molecule has 0 unspecified atom stereocenters. The number of aryl methyl sites for hydroxylation is 2. The van der Waals surface area contributed by atoms with Crippen molar-refractivity contribution in [3.05, 3.63) is 23.0 Å². The Bertz CT molecular complexity index is 513. The summed E-state index contributed by atoms with van der Waals surface area (Å²) in [5.41, 5.74) is 1.88. The van der Waals surface area contributed by atoms with E-state index in [0.717, 1.165) is 31.4 Å². The van der Waals surface area contributed by atoms with Gasteiger partial charge >= 0.3 is 5.97 Å². The zero-order valence-corrected chi connectivity index (χ0v) is 12.7. The van der Waals surface area contributed by atoms with E-state index < -0.39 is 5.97 Å². The van der Waals surface area contributed by atoms with Gasteiger partial charge in [0.05, 0.1) is 11.8 Å². The van der Waals surface area contributed by atoms with Crippen molar-refractivity contribution in [1.29, 1.82) is 0 Å². The highest BCUT2D eigenvalue weighted by atomic mass is 16.5. The molecule has 20 heavy (non-hydrogen) atoms. The van der Waals surface area contributed by atoms with Gasteiger partial charge in [-0.3, -0.25) is 4.98 Å². The van der Waals surface area contributed by atoms with Crippen LogP contribution in [0.4, 0.5) is 0 Å². The lowest BCUT2D eigenvalue weighted by molar-refractivity contribution is 0.0672. The second-order valence-electron chi connectivity index (χ2n) is 6.51. The van der Waals surface area contributed by atoms with Crippen molar-refractivity contribution in [3.63, 3.8) is 0 Å². The van der Waals surface area contributed by atoms with E-state index in [-0.39, 0.29) is 11.7 Å². The van der Waals surface area contributed by atoms with E-state index in [0.29, 0.717) is 16.9 Å². The van der Waals surface area contributed by atoms with E-state index >= 15 is 0 Å². The zero-order valence-electron chi connectivity index (χ0n) is 12.7. The third kappa shape index (κ3) is 3.30. The molecule has 4 nitrogen and oxygen atoms in total. The van der Waals surface area contributed by atoms with Gasteiger partial charge in [0, 0.05) is 11.8 Å². The molecule has 1 heterocycles. The SMILES string of the molecule is Cc1cc(OC2CCC(C)(C)CC2)c(C(=O)O)c(C)n1. The van der Waals surface area contributed by atoms with Gasteiger partial charge in [-0.25, -0.2) is 4.79 Å². The van der Waals surface area contributed by atoms with Crippen LogP contribution in [0.25, 0.3) is 0 Å². The summed E-state index contributed by atoms with van der Waals surface area (Å²) in [5, 5.41) is 9.33. The standard InChI is InChI=1S/C16H23NO3/c1-10-9-13(14(15(18)19)11(2)17-10)20-12-5-7-16(3,4)8-6-12/h9,12H,5-8H2,1-4H3,(H,18,19). The van der Waals surface area contributed by atoms with Crippen LogP contribution in [0.2, 0.25) is 0 Å². The normalized spacial score (nSPS) is 18.8. The molecule has 1 aromatic rings. The summed E-state index contributed by atoms with van der Waals surface area (Å²) in [6.45, 7) is 8.11. The Morgan fingerprint density at radius 1 is 1.35 bits per heavy atom. The monoisotopic (exact) mass is 277 g/mol. The molecule has 0 aromatic carbocycles. The largest absolute Gasteiger partial charge is 0.489 e. The molecule has 2 rings (SSSR count). The number of carbonyl (C=O) groups is 1. The molecule has 0 amide bonds. The molecule has 0 saturated heterocycles. The maximum atomic E-state index is 11.4. The van der Waals surface area contributed by atoms with E-state index in [4.69, 9.17) is 4.74 Å². The molecule has 1 aliphatic carbocycles. The smallest absolute Gasteiger partial charge is 0.341 e. The summed E-state index contributed by atoms with van der Waals surface area (Å²) in [6, 6.07) is 1.73. The molecule has 1 fully saturated rings. The lowest BCUT2D eigenvalue weighted by Gasteiger charge is -2.34. The number of hydrogen-bond acceptors (Lipinski definition) is 3. The molecule has 0 spiro atoms. The minimum atomic E-state index is -0.971. The Hall–Kier alpha value is -1.58. The number of aromatic nitrogens is 1. The van der Waals surface area contributed by atoms with Crippen LogP contribution in [0.15, 0.2) is 6.07 Å². The molecule has 1 N–H and O–H groups in total. The average Bonchev–Trinajstić information content (AvgIpc) is 2.30. The molecule has 110 valence electrons. The van der Waals surface area contributed by atoms with Crippen molar-refractivity contribution in [3.8, 4) is 5.75 Å². The predicted octanol–water partition coefficient (Wildman–Crippen LogP) is 3.74. The fourth-order valence-corrected chi connectivity index (χ4v) is 2.82. The number of pyridine rings is 1. The van der Waals surface area contributed by atoms with Crippen LogP contribution in [0.3, 0.4) is 0 Å². The Morgan fingerprint density at radius 3 is 2.50 bits per heavy atom. The van der Waals surface area contributed by atoms with Crippen molar-refractivity contribution < 1.29 is 14.6 Å². The van der Waals surface area contributed by atoms with Gasteiger partial charge < -0.3 is 9.84 Å². The van der Waals surface area contributed by atoms with E-state index in [9.17, 15) is 9.90 Å². The Balaban J connectivity index is 2.19. The third-order valence-corrected chi connectivity index (χ3v) is 4.09. The van der Waals surface area contributed by atoms with Gasteiger partial charge in [0.1, 0.15) is 11.3 Å². The van der Waals surface area contributed by atoms with Crippen LogP contribution in [-0.4, -0.2) is 22.2 Å². The number of aromatic carboxylic acids is 1. The molecule has 1 aliphatic rings. The van der Waals surface area contributed by atoms with Gasteiger partial charge in [-0.05, 0) is 44.9 Å². The number of carboxylic acids is 1. The zero-order chi connectivity index (χ0) is 14.9. The highest BCUT2D eigenvalue weighted by molar-refractivity contribution is 5.92. The topological polar surface area (TPSA) is 59.4 Å². The second-order valence-corrected chi connectivity index (χ2v) is 6.51. The number of nitrogens with zero attached hydrogens (tertiary/aromatic N) is 1. The predicted molar refractivity (Wildman–Crippen MR) is 77.3 cm³/mol. The maximum absolute atomic E-state index is 11.4. The second kappa shape index (κ2) is 5.43.